The van der Waals surface area contributed by atoms with Gasteiger partial charge in [-0.1, -0.05) is 42.5 Å². The Hall–Kier alpha value is -2.29. The summed E-state index contributed by atoms with van der Waals surface area (Å²) < 4.78 is 25.3. The zero-order valence-electron chi connectivity index (χ0n) is 16.2. The van der Waals surface area contributed by atoms with Crippen molar-refractivity contribution in [2.24, 2.45) is 4.99 Å². The Bertz CT molecular complexity index is 1210. The second-order valence-corrected chi connectivity index (χ2v) is 10.5. The lowest BCUT2D eigenvalue weighted by Crippen LogP contribution is -2.36. The van der Waals surface area contributed by atoms with E-state index in [9.17, 15) is 13.2 Å². The largest absolute Gasteiger partial charge is 0.319 e. The van der Waals surface area contributed by atoms with Gasteiger partial charge in [0.1, 0.15) is 0 Å². The van der Waals surface area contributed by atoms with Crippen molar-refractivity contribution in [3.05, 3.63) is 64.4 Å². The molecule has 0 N–H and O–H groups in total. The quantitative estimate of drug-likeness (QED) is 0.624. The summed E-state index contributed by atoms with van der Waals surface area (Å²) in [5.41, 5.74) is 1.17. The van der Waals surface area contributed by atoms with Gasteiger partial charge in [0.15, 0.2) is 14.6 Å². The molecule has 1 amide bonds. The number of carbonyl (C=O) groups excluding carboxylic acids is 1. The number of carbonyl (C=O) groups is 1. The first-order valence-corrected chi connectivity index (χ1v) is 12.2. The van der Waals surface area contributed by atoms with Crippen molar-refractivity contribution in [3.63, 3.8) is 0 Å². The van der Waals surface area contributed by atoms with Crippen molar-refractivity contribution in [1.29, 1.82) is 0 Å². The van der Waals surface area contributed by atoms with E-state index in [1.807, 2.05) is 34.3 Å². The zero-order valence-corrected chi connectivity index (χ0v) is 17.8. The van der Waals surface area contributed by atoms with E-state index in [2.05, 4.69) is 29.3 Å². The van der Waals surface area contributed by atoms with Gasteiger partial charge in [-0.2, -0.15) is 4.99 Å². The highest BCUT2D eigenvalue weighted by Gasteiger charge is 2.31. The molecule has 1 aliphatic rings. The van der Waals surface area contributed by atoms with Gasteiger partial charge in [-0.25, -0.2) is 8.42 Å². The topological polar surface area (TPSA) is 71.7 Å². The van der Waals surface area contributed by atoms with Crippen LogP contribution in [-0.4, -0.2) is 54.9 Å². The third kappa shape index (κ3) is 4.66. The minimum Gasteiger partial charge on any atom is -0.319 e. The number of thiazole rings is 1. The van der Waals surface area contributed by atoms with Gasteiger partial charge >= 0.3 is 0 Å². The molecular formula is C21H23N3O3S2. The number of amides is 1. The maximum Gasteiger partial charge on any atom is 0.262 e. The van der Waals surface area contributed by atoms with E-state index in [0.29, 0.717) is 17.8 Å². The number of benzene rings is 2. The molecule has 152 valence electrons. The van der Waals surface area contributed by atoms with E-state index >= 15 is 0 Å². The summed E-state index contributed by atoms with van der Waals surface area (Å²) in [6.45, 7) is 0.750. The first-order valence-electron chi connectivity index (χ1n) is 9.50. The average molecular weight is 430 g/mol. The highest BCUT2D eigenvalue weighted by molar-refractivity contribution is 7.91. The van der Waals surface area contributed by atoms with Crippen LogP contribution in [0.15, 0.2) is 59.0 Å². The molecule has 1 aliphatic heterocycles. The monoisotopic (exact) mass is 429 g/mol. The molecule has 2 aromatic carbocycles. The van der Waals surface area contributed by atoms with Gasteiger partial charge in [-0.05, 0) is 29.8 Å². The Morgan fingerprint density at radius 2 is 2.03 bits per heavy atom. The van der Waals surface area contributed by atoms with Crippen LogP contribution in [0.3, 0.4) is 0 Å². The summed E-state index contributed by atoms with van der Waals surface area (Å²) in [4.78, 5) is 19.2. The number of nitrogens with zero attached hydrogens (tertiary/aromatic N) is 3. The fourth-order valence-electron chi connectivity index (χ4n) is 3.73. The molecule has 1 fully saturated rings. The molecule has 0 bridgehead atoms. The summed E-state index contributed by atoms with van der Waals surface area (Å²) in [5, 5.41) is 4.29. The van der Waals surface area contributed by atoms with Crippen molar-refractivity contribution >= 4 is 37.9 Å². The second-order valence-electron chi connectivity index (χ2n) is 7.43. The SMILES string of the molecule is CN(CC(=O)N=c1sccn1Cc1cccc2ccccc12)C1CCS(=O)(=O)C1. The summed E-state index contributed by atoms with van der Waals surface area (Å²) >= 11 is 1.42. The molecule has 1 aromatic heterocycles. The predicted molar refractivity (Wildman–Crippen MR) is 116 cm³/mol. The molecule has 6 nitrogen and oxygen atoms in total. The van der Waals surface area contributed by atoms with Gasteiger partial charge in [0.2, 0.25) is 0 Å². The molecule has 2 heterocycles. The standard InChI is InChI=1S/C21H23N3O3S2/c1-23(18-9-12-29(26,27)15-18)14-20(25)22-21-24(10-11-28-21)13-17-7-4-6-16-5-2-3-8-19(16)17/h2-8,10-11,18H,9,12-15H2,1H3. The smallest absolute Gasteiger partial charge is 0.262 e. The normalized spacial score (nSPS) is 19.2. The highest BCUT2D eigenvalue weighted by Crippen LogP contribution is 2.19. The zero-order chi connectivity index (χ0) is 20.4. The van der Waals surface area contributed by atoms with Crippen LogP contribution in [0, 0.1) is 0 Å². The number of sulfone groups is 1. The summed E-state index contributed by atoms with van der Waals surface area (Å²) in [5.74, 6) is 0.0612. The van der Waals surface area contributed by atoms with Gasteiger partial charge < -0.3 is 4.57 Å². The maximum atomic E-state index is 12.5. The fourth-order valence-corrected chi connectivity index (χ4v) is 6.28. The summed E-state index contributed by atoms with van der Waals surface area (Å²) in [7, 11) is -1.18. The molecule has 0 radical (unpaired) electrons. The van der Waals surface area contributed by atoms with Crippen molar-refractivity contribution in [2.75, 3.05) is 25.1 Å². The Labute approximate surface area is 174 Å². The number of likely N-dealkylation sites (N-methyl/N-ethyl adjacent to an activating group) is 1. The van der Waals surface area contributed by atoms with E-state index in [0.717, 1.165) is 0 Å². The molecule has 29 heavy (non-hydrogen) atoms. The third-order valence-electron chi connectivity index (χ3n) is 5.32. The lowest BCUT2D eigenvalue weighted by atomic mass is 10.0. The molecule has 4 rings (SSSR count). The van der Waals surface area contributed by atoms with E-state index in [1.165, 1.54) is 27.7 Å². The molecule has 1 saturated heterocycles. The van der Waals surface area contributed by atoms with Gasteiger partial charge in [0, 0.05) is 17.6 Å². The van der Waals surface area contributed by atoms with Gasteiger partial charge in [0.05, 0.1) is 24.6 Å². The first kappa shape index (κ1) is 20.0. The van der Waals surface area contributed by atoms with Crippen LogP contribution >= 0.6 is 11.3 Å². The van der Waals surface area contributed by atoms with Crippen molar-refractivity contribution in [2.45, 2.75) is 19.0 Å². The van der Waals surface area contributed by atoms with Crippen LogP contribution in [0.2, 0.25) is 0 Å². The molecular weight excluding hydrogens is 406 g/mol. The number of aromatic nitrogens is 1. The Morgan fingerprint density at radius 1 is 1.24 bits per heavy atom. The molecule has 8 heteroatoms. The molecule has 1 atom stereocenters. The van der Waals surface area contributed by atoms with Crippen LogP contribution in [0.1, 0.15) is 12.0 Å². The second kappa shape index (κ2) is 8.22. The Kier molecular flexibility index (Phi) is 5.67. The molecule has 0 saturated carbocycles. The van der Waals surface area contributed by atoms with E-state index in [-0.39, 0.29) is 30.0 Å². The number of hydrogen-bond donors (Lipinski definition) is 0. The minimum atomic E-state index is -2.97. The summed E-state index contributed by atoms with van der Waals surface area (Å²) in [6, 6.07) is 14.3. The van der Waals surface area contributed by atoms with Crippen molar-refractivity contribution in [1.82, 2.24) is 9.47 Å². The fraction of sp³-hybridized carbons (Fsp3) is 0.333. The lowest BCUT2D eigenvalue weighted by Gasteiger charge is -2.20. The predicted octanol–water partition coefficient (Wildman–Crippen LogP) is 2.30. The first-order chi connectivity index (χ1) is 13.9. The minimum absolute atomic E-state index is 0.106. The van der Waals surface area contributed by atoms with Crippen LogP contribution in [0.25, 0.3) is 10.8 Å². The van der Waals surface area contributed by atoms with Crippen LogP contribution in [0.5, 0.6) is 0 Å². The maximum absolute atomic E-state index is 12.5. The van der Waals surface area contributed by atoms with Crippen LogP contribution in [0.4, 0.5) is 0 Å². The third-order valence-corrected chi connectivity index (χ3v) is 7.86. The van der Waals surface area contributed by atoms with E-state index < -0.39 is 9.84 Å². The summed E-state index contributed by atoms with van der Waals surface area (Å²) in [6.07, 6.45) is 2.51. The molecule has 3 aromatic rings. The number of rotatable bonds is 5. The lowest BCUT2D eigenvalue weighted by molar-refractivity contribution is -0.119. The average Bonchev–Trinajstić information content (AvgIpc) is 3.28. The van der Waals surface area contributed by atoms with E-state index in [4.69, 9.17) is 0 Å². The van der Waals surface area contributed by atoms with Gasteiger partial charge in [0.25, 0.3) is 5.91 Å². The Balaban J connectivity index is 1.51. The van der Waals surface area contributed by atoms with Gasteiger partial charge in [-0.3, -0.25) is 9.69 Å². The number of hydrogen-bond acceptors (Lipinski definition) is 5. The van der Waals surface area contributed by atoms with Gasteiger partial charge in [-0.15, -0.1) is 11.3 Å². The molecule has 0 spiro atoms. The molecule has 1 unspecified atom stereocenters. The van der Waals surface area contributed by atoms with Crippen molar-refractivity contribution < 1.29 is 13.2 Å². The highest BCUT2D eigenvalue weighted by atomic mass is 32.2. The Morgan fingerprint density at radius 3 is 2.83 bits per heavy atom. The number of fused-ring (bicyclic) bond motifs is 1. The van der Waals surface area contributed by atoms with Crippen molar-refractivity contribution in [3.8, 4) is 0 Å². The van der Waals surface area contributed by atoms with Crippen LogP contribution in [-0.2, 0) is 21.2 Å². The van der Waals surface area contributed by atoms with Crippen LogP contribution < -0.4 is 4.80 Å². The van der Waals surface area contributed by atoms with E-state index in [1.54, 1.807) is 11.9 Å². The molecule has 0 aliphatic carbocycles.